The van der Waals surface area contributed by atoms with Crippen LogP contribution >= 0.6 is 11.6 Å². The molecular weight excluding hydrogens is 204 g/mol. The Morgan fingerprint density at radius 2 is 2.21 bits per heavy atom. The predicted molar refractivity (Wildman–Crippen MR) is 53.8 cm³/mol. The first-order valence-corrected chi connectivity index (χ1v) is 4.76. The number of carbonyl (C=O) groups excluding carboxylic acids is 2. The highest BCUT2D eigenvalue weighted by atomic mass is 35.5. The number of amides is 2. The van der Waals surface area contributed by atoms with Crippen LogP contribution in [0.5, 0.6) is 0 Å². The molecule has 2 amide bonds. The molecule has 1 aliphatic heterocycles. The Balaban J connectivity index is 2.75. The van der Waals surface area contributed by atoms with Gasteiger partial charge in [-0.15, -0.1) is 0 Å². The highest BCUT2D eigenvalue weighted by Gasteiger charge is 2.38. The third-order valence-corrected chi connectivity index (χ3v) is 2.20. The van der Waals surface area contributed by atoms with Crippen LogP contribution < -0.4 is 5.32 Å². The Bertz CT molecular complexity index is 287. The van der Waals surface area contributed by atoms with E-state index < -0.39 is 5.54 Å². The fraction of sp³-hybridized carbons (Fsp3) is 0.556. The average Bonchev–Trinajstić information content (AvgIpc) is 2.08. The minimum Gasteiger partial charge on any atom is -0.341 e. The van der Waals surface area contributed by atoms with Crippen molar-refractivity contribution in [2.75, 3.05) is 13.1 Å². The van der Waals surface area contributed by atoms with Gasteiger partial charge in [0.15, 0.2) is 0 Å². The number of piperazine rings is 1. The first kappa shape index (κ1) is 11.0. The van der Waals surface area contributed by atoms with Gasteiger partial charge in [0.1, 0.15) is 5.54 Å². The van der Waals surface area contributed by atoms with Crippen LogP contribution in [0.15, 0.2) is 11.6 Å². The molecule has 5 heteroatoms. The summed E-state index contributed by atoms with van der Waals surface area (Å²) in [6, 6.07) is 0. The molecule has 0 spiro atoms. The van der Waals surface area contributed by atoms with Crippen LogP contribution in [-0.2, 0) is 9.59 Å². The standard InChI is InChI=1S/C9H13ClN2O2/c1-9(2)8(14)12(5-3-4-10)6-7(13)11-9/h3-4H,5-6H2,1-2H3,(H,11,13)/b4-3+. The van der Waals surface area contributed by atoms with E-state index in [1.807, 2.05) is 0 Å². The minimum atomic E-state index is -0.810. The second-order valence-corrected chi connectivity index (χ2v) is 3.97. The zero-order chi connectivity index (χ0) is 10.8. The third-order valence-electron chi connectivity index (χ3n) is 2.02. The zero-order valence-electron chi connectivity index (χ0n) is 8.21. The second kappa shape index (κ2) is 4.00. The predicted octanol–water partition coefficient (Wildman–Crippen LogP) is 0.476. The molecule has 0 saturated carbocycles. The van der Waals surface area contributed by atoms with Gasteiger partial charge in [0.05, 0.1) is 6.54 Å². The van der Waals surface area contributed by atoms with Crippen LogP contribution in [0.3, 0.4) is 0 Å². The van der Waals surface area contributed by atoms with Gasteiger partial charge < -0.3 is 10.2 Å². The monoisotopic (exact) mass is 216 g/mol. The molecule has 0 radical (unpaired) electrons. The summed E-state index contributed by atoms with van der Waals surface area (Å²) >= 11 is 5.36. The number of halogens is 1. The first-order chi connectivity index (χ1) is 6.47. The van der Waals surface area contributed by atoms with E-state index in [1.165, 1.54) is 10.4 Å². The van der Waals surface area contributed by atoms with Crippen LogP contribution in [0, 0.1) is 0 Å². The van der Waals surface area contributed by atoms with Crippen molar-refractivity contribution in [2.24, 2.45) is 0 Å². The molecular formula is C9H13ClN2O2. The van der Waals surface area contributed by atoms with Crippen molar-refractivity contribution < 1.29 is 9.59 Å². The summed E-state index contributed by atoms with van der Waals surface area (Å²) in [5, 5.41) is 2.62. The van der Waals surface area contributed by atoms with Crippen molar-refractivity contribution in [2.45, 2.75) is 19.4 Å². The van der Waals surface area contributed by atoms with Gasteiger partial charge in [0, 0.05) is 12.1 Å². The van der Waals surface area contributed by atoms with E-state index in [0.717, 1.165) is 0 Å². The fourth-order valence-corrected chi connectivity index (χ4v) is 1.48. The first-order valence-electron chi connectivity index (χ1n) is 4.33. The molecule has 1 N–H and O–H groups in total. The molecule has 0 bridgehead atoms. The van der Waals surface area contributed by atoms with Gasteiger partial charge in [0.2, 0.25) is 11.8 Å². The Morgan fingerprint density at radius 3 is 2.79 bits per heavy atom. The van der Waals surface area contributed by atoms with Crippen molar-refractivity contribution >= 4 is 23.4 Å². The Morgan fingerprint density at radius 1 is 1.57 bits per heavy atom. The summed E-state index contributed by atoms with van der Waals surface area (Å²) in [6.45, 7) is 3.84. The van der Waals surface area contributed by atoms with Gasteiger partial charge in [-0.3, -0.25) is 9.59 Å². The number of hydrogen-bond donors (Lipinski definition) is 1. The van der Waals surface area contributed by atoms with Crippen LogP contribution in [0.25, 0.3) is 0 Å². The van der Waals surface area contributed by atoms with Crippen LogP contribution in [0.4, 0.5) is 0 Å². The molecule has 0 aliphatic carbocycles. The summed E-state index contributed by atoms with van der Waals surface area (Å²) in [5.41, 5.74) is 0.530. The molecule has 78 valence electrons. The van der Waals surface area contributed by atoms with Gasteiger partial charge in [-0.25, -0.2) is 0 Å². The lowest BCUT2D eigenvalue weighted by molar-refractivity contribution is -0.147. The maximum Gasteiger partial charge on any atom is 0.248 e. The van der Waals surface area contributed by atoms with Crippen molar-refractivity contribution in [3.05, 3.63) is 11.6 Å². The average molecular weight is 217 g/mol. The van der Waals surface area contributed by atoms with E-state index in [2.05, 4.69) is 5.32 Å². The summed E-state index contributed by atoms with van der Waals surface area (Å²) < 4.78 is 0. The topological polar surface area (TPSA) is 49.4 Å². The van der Waals surface area contributed by atoms with E-state index in [4.69, 9.17) is 11.6 Å². The summed E-state index contributed by atoms with van der Waals surface area (Å²) in [4.78, 5) is 24.4. The SMILES string of the molecule is CC1(C)NC(=O)CN(C/C=C/Cl)C1=O. The van der Waals surface area contributed by atoms with Crippen molar-refractivity contribution in [1.82, 2.24) is 10.2 Å². The Labute approximate surface area is 87.9 Å². The Hall–Kier alpha value is -1.03. The lowest BCUT2D eigenvalue weighted by Gasteiger charge is -2.36. The molecule has 0 aromatic rings. The quantitative estimate of drug-likeness (QED) is 0.730. The van der Waals surface area contributed by atoms with Crippen molar-refractivity contribution in [1.29, 1.82) is 0 Å². The number of carbonyl (C=O) groups is 2. The fourth-order valence-electron chi connectivity index (χ4n) is 1.40. The lowest BCUT2D eigenvalue weighted by Crippen LogP contribution is -2.63. The third kappa shape index (κ3) is 2.26. The molecule has 1 aliphatic rings. The molecule has 14 heavy (non-hydrogen) atoms. The van der Waals surface area contributed by atoms with Crippen LogP contribution in [0.2, 0.25) is 0 Å². The molecule has 4 nitrogen and oxygen atoms in total. The van der Waals surface area contributed by atoms with Crippen LogP contribution in [0.1, 0.15) is 13.8 Å². The largest absolute Gasteiger partial charge is 0.341 e. The molecule has 1 rings (SSSR count). The Kier molecular flexibility index (Phi) is 3.16. The second-order valence-electron chi connectivity index (χ2n) is 3.72. The highest BCUT2D eigenvalue weighted by molar-refractivity contribution is 6.25. The number of nitrogens with zero attached hydrogens (tertiary/aromatic N) is 1. The van der Waals surface area contributed by atoms with E-state index in [-0.39, 0.29) is 18.4 Å². The summed E-state index contributed by atoms with van der Waals surface area (Å²) in [5.74, 6) is -0.232. The smallest absolute Gasteiger partial charge is 0.248 e. The number of hydrogen-bond acceptors (Lipinski definition) is 2. The van der Waals surface area contributed by atoms with Crippen molar-refractivity contribution in [3.8, 4) is 0 Å². The van der Waals surface area contributed by atoms with E-state index >= 15 is 0 Å². The zero-order valence-corrected chi connectivity index (χ0v) is 8.97. The molecule has 0 atom stereocenters. The molecule has 1 heterocycles. The van der Waals surface area contributed by atoms with Gasteiger partial charge >= 0.3 is 0 Å². The van der Waals surface area contributed by atoms with Gasteiger partial charge in [-0.2, -0.15) is 0 Å². The van der Waals surface area contributed by atoms with Gasteiger partial charge in [-0.1, -0.05) is 17.7 Å². The summed E-state index contributed by atoms with van der Waals surface area (Å²) in [7, 11) is 0. The number of nitrogens with one attached hydrogen (secondary N) is 1. The maximum atomic E-state index is 11.7. The molecule has 0 unspecified atom stereocenters. The maximum absolute atomic E-state index is 11.7. The van der Waals surface area contributed by atoms with Gasteiger partial charge in [-0.05, 0) is 13.8 Å². The van der Waals surface area contributed by atoms with E-state index in [9.17, 15) is 9.59 Å². The lowest BCUT2D eigenvalue weighted by atomic mass is 10.0. The summed E-state index contributed by atoms with van der Waals surface area (Å²) in [6.07, 6.45) is 1.63. The van der Waals surface area contributed by atoms with E-state index in [1.54, 1.807) is 19.9 Å². The number of rotatable bonds is 2. The minimum absolute atomic E-state index is 0.0909. The molecule has 0 aromatic carbocycles. The molecule has 1 fully saturated rings. The van der Waals surface area contributed by atoms with E-state index in [0.29, 0.717) is 6.54 Å². The molecule has 0 aromatic heterocycles. The normalized spacial score (nSPS) is 21.5. The highest BCUT2D eigenvalue weighted by Crippen LogP contribution is 2.12. The van der Waals surface area contributed by atoms with Crippen LogP contribution in [-0.4, -0.2) is 35.3 Å². The van der Waals surface area contributed by atoms with Crippen molar-refractivity contribution in [3.63, 3.8) is 0 Å². The molecule has 1 saturated heterocycles. The van der Waals surface area contributed by atoms with Gasteiger partial charge in [0.25, 0.3) is 0 Å².